The van der Waals surface area contributed by atoms with Crippen molar-refractivity contribution in [3.05, 3.63) is 42.1 Å². The van der Waals surface area contributed by atoms with Gasteiger partial charge < -0.3 is 10.6 Å². The molecule has 112 valence electrons. The summed E-state index contributed by atoms with van der Waals surface area (Å²) < 4.78 is 27.2. The third kappa shape index (κ3) is 3.25. The van der Waals surface area contributed by atoms with Crippen molar-refractivity contribution in [2.75, 3.05) is 29.5 Å². The zero-order chi connectivity index (χ0) is 15.6. The van der Waals surface area contributed by atoms with Gasteiger partial charge in [0, 0.05) is 26.0 Å². The van der Waals surface area contributed by atoms with Crippen LogP contribution in [0.15, 0.2) is 41.4 Å². The number of hydrogen-bond acceptors (Lipinski definition) is 5. The molecule has 21 heavy (non-hydrogen) atoms. The second-order valence-corrected chi connectivity index (χ2v) is 6.54. The van der Waals surface area contributed by atoms with Crippen molar-refractivity contribution in [1.29, 1.82) is 0 Å². The fourth-order valence-electron chi connectivity index (χ4n) is 1.99. The third-order valence-corrected chi connectivity index (χ3v) is 4.46. The van der Waals surface area contributed by atoms with E-state index < -0.39 is 10.0 Å². The minimum Gasteiger partial charge on any atom is -0.383 e. The molecule has 0 bridgehead atoms. The third-order valence-electron chi connectivity index (χ3n) is 3.03. The molecule has 0 radical (unpaired) electrons. The molecule has 0 aliphatic heterocycles. The highest BCUT2D eigenvalue weighted by Gasteiger charge is 2.18. The highest BCUT2D eigenvalue weighted by molar-refractivity contribution is 7.92. The summed E-state index contributed by atoms with van der Waals surface area (Å²) >= 11 is 0. The number of aromatic nitrogens is 1. The van der Waals surface area contributed by atoms with Crippen LogP contribution in [0.1, 0.15) is 5.56 Å². The topological polar surface area (TPSA) is 88.3 Å². The van der Waals surface area contributed by atoms with Gasteiger partial charge in [0.2, 0.25) is 0 Å². The average molecular weight is 306 g/mol. The van der Waals surface area contributed by atoms with E-state index in [-0.39, 0.29) is 10.7 Å². The molecular weight excluding hydrogens is 288 g/mol. The van der Waals surface area contributed by atoms with Gasteiger partial charge in [0.25, 0.3) is 10.0 Å². The highest BCUT2D eigenvalue weighted by atomic mass is 32.2. The number of nitrogens with one attached hydrogen (secondary N) is 1. The van der Waals surface area contributed by atoms with Crippen LogP contribution >= 0.6 is 0 Å². The van der Waals surface area contributed by atoms with Crippen LogP contribution in [0.3, 0.4) is 0 Å². The molecule has 0 amide bonds. The summed E-state index contributed by atoms with van der Waals surface area (Å²) in [5.74, 6) is -0.0232. The molecule has 0 aliphatic carbocycles. The van der Waals surface area contributed by atoms with Crippen LogP contribution in [-0.4, -0.2) is 27.5 Å². The quantitative estimate of drug-likeness (QED) is 0.900. The van der Waals surface area contributed by atoms with E-state index in [1.807, 2.05) is 32.0 Å². The van der Waals surface area contributed by atoms with Crippen LogP contribution < -0.4 is 15.4 Å². The molecule has 0 aliphatic rings. The SMILES string of the molecule is Cc1ccc(NS(=O)(=O)c2cccnc2N)cc1N(C)C. The first-order chi connectivity index (χ1) is 9.81. The largest absolute Gasteiger partial charge is 0.383 e. The number of nitrogens with zero attached hydrogens (tertiary/aromatic N) is 2. The van der Waals surface area contributed by atoms with Crippen LogP contribution in [0.25, 0.3) is 0 Å². The number of benzene rings is 1. The molecule has 0 saturated heterocycles. The maximum Gasteiger partial charge on any atom is 0.265 e. The molecule has 1 aromatic carbocycles. The van der Waals surface area contributed by atoms with E-state index in [2.05, 4.69) is 9.71 Å². The molecule has 7 heteroatoms. The maximum absolute atomic E-state index is 12.3. The molecule has 0 saturated carbocycles. The van der Waals surface area contributed by atoms with Gasteiger partial charge >= 0.3 is 0 Å². The predicted octanol–water partition coefficient (Wildman–Crippen LogP) is 1.84. The number of sulfonamides is 1. The highest BCUT2D eigenvalue weighted by Crippen LogP contribution is 2.25. The summed E-state index contributed by atoms with van der Waals surface area (Å²) in [4.78, 5) is 5.69. The minimum absolute atomic E-state index is 0.0232. The number of anilines is 3. The molecule has 0 unspecified atom stereocenters. The van der Waals surface area contributed by atoms with Gasteiger partial charge in [0.05, 0.1) is 5.69 Å². The van der Waals surface area contributed by atoms with Crippen molar-refractivity contribution < 1.29 is 8.42 Å². The fraction of sp³-hybridized carbons (Fsp3) is 0.214. The summed E-state index contributed by atoms with van der Waals surface area (Å²) in [5.41, 5.74) is 8.10. The lowest BCUT2D eigenvalue weighted by Crippen LogP contribution is -2.16. The van der Waals surface area contributed by atoms with Crippen molar-refractivity contribution in [2.45, 2.75) is 11.8 Å². The molecule has 0 spiro atoms. The fourth-order valence-corrected chi connectivity index (χ4v) is 3.13. The van der Waals surface area contributed by atoms with Gasteiger partial charge in [-0.2, -0.15) is 0 Å². The summed E-state index contributed by atoms with van der Waals surface area (Å²) in [6.07, 6.45) is 1.45. The molecular formula is C14H18N4O2S. The smallest absolute Gasteiger partial charge is 0.265 e. The van der Waals surface area contributed by atoms with Gasteiger partial charge in [-0.1, -0.05) is 6.07 Å². The van der Waals surface area contributed by atoms with E-state index in [0.717, 1.165) is 11.3 Å². The molecule has 2 aromatic rings. The number of nitrogens with two attached hydrogens (primary N) is 1. The van der Waals surface area contributed by atoms with E-state index in [9.17, 15) is 8.42 Å². The van der Waals surface area contributed by atoms with Gasteiger partial charge in [-0.3, -0.25) is 4.72 Å². The van der Waals surface area contributed by atoms with E-state index in [4.69, 9.17) is 5.73 Å². The second-order valence-electron chi connectivity index (χ2n) is 4.89. The van der Waals surface area contributed by atoms with Crippen LogP contribution in [-0.2, 0) is 10.0 Å². The Morgan fingerprint density at radius 2 is 1.95 bits per heavy atom. The van der Waals surface area contributed by atoms with Gasteiger partial charge in [-0.15, -0.1) is 0 Å². The molecule has 0 atom stereocenters. The Morgan fingerprint density at radius 3 is 2.57 bits per heavy atom. The van der Waals surface area contributed by atoms with E-state index >= 15 is 0 Å². The van der Waals surface area contributed by atoms with Crippen molar-refractivity contribution in [2.24, 2.45) is 0 Å². The summed E-state index contributed by atoms with van der Waals surface area (Å²) in [7, 11) is 0.0497. The van der Waals surface area contributed by atoms with Crippen molar-refractivity contribution >= 4 is 27.2 Å². The van der Waals surface area contributed by atoms with Crippen molar-refractivity contribution in [1.82, 2.24) is 4.98 Å². The molecule has 1 aromatic heterocycles. The molecule has 6 nitrogen and oxygen atoms in total. The number of pyridine rings is 1. The number of rotatable bonds is 4. The summed E-state index contributed by atoms with van der Waals surface area (Å²) in [5, 5.41) is 0. The zero-order valence-electron chi connectivity index (χ0n) is 12.2. The van der Waals surface area contributed by atoms with E-state index in [1.165, 1.54) is 18.3 Å². The molecule has 1 heterocycles. The standard InChI is InChI=1S/C14H18N4O2S/c1-10-6-7-11(9-12(10)18(2)3)17-21(19,20)13-5-4-8-16-14(13)15/h4-9,17H,1-3H3,(H2,15,16). The Hall–Kier alpha value is -2.28. The van der Waals surface area contributed by atoms with Crippen LogP contribution in [0, 0.1) is 6.92 Å². The number of hydrogen-bond donors (Lipinski definition) is 2. The summed E-state index contributed by atoms with van der Waals surface area (Å²) in [6, 6.07) is 8.31. The predicted molar refractivity (Wildman–Crippen MR) is 85.0 cm³/mol. The minimum atomic E-state index is -3.76. The Labute approximate surface area is 124 Å². The van der Waals surface area contributed by atoms with Gasteiger partial charge in [-0.05, 0) is 36.8 Å². The van der Waals surface area contributed by atoms with Crippen LogP contribution in [0.4, 0.5) is 17.2 Å². The molecule has 0 fully saturated rings. The Morgan fingerprint density at radius 1 is 1.24 bits per heavy atom. The monoisotopic (exact) mass is 306 g/mol. The lowest BCUT2D eigenvalue weighted by molar-refractivity contribution is 0.601. The van der Waals surface area contributed by atoms with Gasteiger partial charge in [-0.25, -0.2) is 13.4 Å². The Bertz CT molecular complexity index is 757. The normalized spacial score (nSPS) is 11.2. The van der Waals surface area contributed by atoms with Gasteiger partial charge in [0.15, 0.2) is 0 Å². The summed E-state index contributed by atoms with van der Waals surface area (Å²) in [6.45, 7) is 1.96. The lowest BCUT2D eigenvalue weighted by atomic mass is 10.2. The number of aryl methyl sites for hydroxylation is 1. The first kappa shape index (κ1) is 15.1. The maximum atomic E-state index is 12.3. The first-order valence-corrected chi connectivity index (χ1v) is 7.81. The number of nitrogen functional groups attached to an aromatic ring is 1. The Balaban J connectivity index is 2.38. The van der Waals surface area contributed by atoms with Crippen molar-refractivity contribution in [3.63, 3.8) is 0 Å². The Kier molecular flexibility index (Phi) is 4.04. The lowest BCUT2D eigenvalue weighted by Gasteiger charge is -2.17. The van der Waals surface area contributed by atoms with Crippen LogP contribution in [0.5, 0.6) is 0 Å². The molecule has 3 N–H and O–H groups in total. The first-order valence-electron chi connectivity index (χ1n) is 6.32. The zero-order valence-corrected chi connectivity index (χ0v) is 13.0. The van der Waals surface area contributed by atoms with E-state index in [0.29, 0.717) is 5.69 Å². The molecule has 2 rings (SSSR count). The van der Waals surface area contributed by atoms with Crippen molar-refractivity contribution in [3.8, 4) is 0 Å². The van der Waals surface area contributed by atoms with Gasteiger partial charge in [0.1, 0.15) is 10.7 Å². The average Bonchev–Trinajstić information content (AvgIpc) is 2.40. The van der Waals surface area contributed by atoms with E-state index in [1.54, 1.807) is 12.1 Å². The second kappa shape index (κ2) is 5.61. The van der Waals surface area contributed by atoms with Crippen LogP contribution in [0.2, 0.25) is 0 Å².